The van der Waals surface area contributed by atoms with E-state index in [4.69, 9.17) is 70.4 Å². The molecule has 2 amide bonds. The number of hydrazone groups is 1. The van der Waals surface area contributed by atoms with Crippen molar-refractivity contribution >= 4 is 89.6 Å². The van der Waals surface area contributed by atoms with Gasteiger partial charge in [0, 0.05) is 150 Å². The van der Waals surface area contributed by atoms with Crippen molar-refractivity contribution in [1.82, 2.24) is 74.1 Å². The Bertz CT molecular complexity index is 5210. The molecule has 670 valence electrons. The number of hydrogen-bond acceptors (Lipinski definition) is 22. The van der Waals surface area contributed by atoms with Crippen LogP contribution in [0.4, 0.5) is 9.59 Å². The third-order valence-electron chi connectivity index (χ3n) is 20.8. The van der Waals surface area contributed by atoms with E-state index in [9.17, 15) is 31.2 Å². The van der Waals surface area contributed by atoms with E-state index in [0.29, 0.717) is 114 Å². The standard InChI is InChI=1S/C30H32ClN5O4S.C23H31N5O4S.C18H18ClN5.C7H4Cl2O.C6H15N.2C4H8O/c1-20-5-11-24(12-6-20)41(38,39)36-28(22-14-17-35(18-15-22)29(37)40-30(2,3)4)26(25-13-16-32-19-33-25)27(34-36)21-7-9-23(31)10-8-21;1-17-5-7-20(8-6-17)33(30,31)27-26-21(15-19-9-12-24-16-25-19)18-10-13-28(14-11-18)22(29)32-23(2,3)4;19-14-3-1-12(2-4-14)17-16(15-7-10-21-11-22-15)18(24-23-17)13-5-8-20-9-6-13;8-6-3-1-5(2-4-6)7(9)10;1-4-7(5-2)6-3;2*1-2-4-5-3-1/h5-13,16,19,22H,14-15,17-18H2,1-4H3;5-9,12,16,18,27H,10-11,13-15H2,1-4H3;1-4,7,10-11,13,20H,5-6,8-9H2,(H,23,24);1-4H;4-6H2,1-3H3;2*1-4H2/b;26-21+;;;;;. The molecular formula is C92H116Cl4N16O11S2. The van der Waals surface area contributed by atoms with E-state index in [2.05, 4.69) is 81.0 Å². The number of aromatic nitrogens is 10. The molecule has 10 aromatic rings. The van der Waals surface area contributed by atoms with E-state index in [1.807, 2.05) is 97.9 Å². The largest absolute Gasteiger partial charge is 0.444 e. The molecule has 0 atom stereocenters. The lowest BCUT2D eigenvalue weighted by atomic mass is 9.89. The number of rotatable bonds is 18. The number of likely N-dealkylation sites (tertiary alicyclic amines) is 2. The van der Waals surface area contributed by atoms with E-state index in [-0.39, 0.29) is 33.8 Å². The van der Waals surface area contributed by atoms with Crippen molar-refractivity contribution in [3.63, 3.8) is 0 Å². The van der Waals surface area contributed by atoms with Crippen molar-refractivity contribution in [3.8, 4) is 45.0 Å². The van der Waals surface area contributed by atoms with Gasteiger partial charge < -0.3 is 39.0 Å². The van der Waals surface area contributed by atoms with Crippen LogP contribution >= 0.6 is 46.4 Å². The number of nitrogens with one attached hydrogen (secondary N) is 3. The Hall–Kier alpha value is -9.66. The van der Waals surface area contributed by atoms with Gasteiger partial charge in [-0.2, -0.15) is 36.2 Å². The highest BCUT2D eigenvalue weighted by molar-refractivity contribution is 7.90. The molecule has 5 aromatic heterocycles. The van der Waals surface area contributed by atoms with Gasteiger partial charge in [0.25, 0.3) is 25.3 Å². The van der Waals surface area contributed by atoms with E-state index in [1.54, 1.807) is 132 Å². The number of sulfonamides is 1. The van der Waals surface area contributed by atoms with Crippen LogP contribution < -0.4 is 10.1 Å². The number of halogens is 4. The first-order valence-electron chi connectivity index (χ1n) is 42.3. The van der Waals surface area contributed by atoms with Crippen LogP contribution in [0.3, 0.4) is 0 Å². The number of hydrogen-bond donors (Lipinski definition) is 3. The molecule has 10 heterocycles. The van der Waals surface area contributed by atoms with Gasteiger partial charge in [0.1, 0.15) is 41.6 Å². The van der Waals surface area contributed by atoms with Gasteiger partial charge in [0.2, 0.25) is 0 Å². The fourth-order valence-corrected chi connectivity index (χ4v) is 16.7. The third-order valence-corrected chi connectivity index (χ3v) is 24.6. The predicted molar refractivity (Wildman–Crippen MR) is 493 cm³/mol. The predicted octanol–water partition coefficient (Wildman–Crippen LogP) is 18.9. The smallest absolute Gasteiger partial charge is 0.410 e. The maximum absolute atomic E-state index is 14.2. The summed E-state index contributed by atoms with van der Waals surface area (Å²) in [6.45, 7) is 32.8. The van der Waals surface area contributed by atoms with E-state index in [1.165, 1.54) is 63.7 Å². The highest BCUT2D eigenvalue weighted by Crippen LogP contribution is 2.44. The van der Waals surface area contributed by atoms with E-state index >= 15 is 0 Å². The van der Waals surface area contributed by atoms with Crippen molar-refractivity contribution in [2.24, 2.45) is 11.0 Å². The molecule has 3 N–H and O–H groups in total. The van der Waals surface area contributed by atoms with Crippen molar-refractivity contribution in [1.29, 1.82) is 0 Å². The van der Waals surface area contributed by atoms with Crippen molar-refractivity contribution < 1.29 is 50.2 Å². The third kappa shape index (κ3) is 31.1. The fourth-order valence-electron chi connectivity index (χ4n) is 14.0. The van der Waals surface area contributed by atoms with Gasteiger partial charge in [0.15, 0.2) is 0 Å². The minimum atomic E-state index is -4.08. The Morgan fingerprint density at radius 3 is 1.40 bits per heavy atom. The number of nitrogens with zero attached hydrogens (tertiary/aromatic N) is 13. The summed E-state index contributed by atoms with van der Waals surface area (Å²) in [5, 5.41) is 21.8. The second kappa shape index (κ2) is 48.9. The monoisotopic (exact) mass is 1820 g/mol. The molecule has 125 heavy (non-hydrogen) atoms. The van der Waals surface area contributed by atoms with Crippen molar-refractivity contribution in [2.75, 3.05) is 85.3 Å². The maximum Gasteiger partial charge on any atom is 0.410 e. The zero-order valence-electron chi connectivity index (χ0n) is 73.1. The Balaban J connectivity index is 0.000000187. The normalized spacial score (nSPS) is 15.2. The molecule has 5 aliphatic rings. The van der Waals surface area contributed by atoms with Crippen LogP contribution in [-0.2, 0) is 45.4 Å². The SMILES string of the molecule is C1CCOC1.C1CCOC1.CCN(CC)CC.Cc1ccc(S(=O)(=O)N/N=C(\Cc2ccncn2)C2CCN(C(=O)OC(C)(C)C)CC2)cc1.Cc1ccc(S(=O)(=O)n2nc(-c3ccc(Cl)cc3)c(-c3ccncn3)c2C2CCN(C(=O)OC(C)(C)C)CC2)cc1.Clc1ccc(-c2n[nH]c(C3CCNCC3)c2-c2ccncn2)cc1.O=C(Cl)c1ccc(Cl)cc1. The Morgan fingerprint density at radius 2 is 0.984 bits per heavy atom. The van der Waals surface area contributed by atoms with E-state index in [0.717, 1.165) is 101 Å². The van der Waals surface area contributed by atoms with Gasteiger partial charge in [-0.05, 0) is 255 Å². The first-order valence-corrected chi connectivity index (χ1v) is 46.8. The van der Waals surface area contributed by atoms with Crippen LogP contribution in [0.2, 0.25) is 15.1 Å². The molecular weight excluding hydrogens is 1710 g/mol. The molecule has 0 aliphatic carbocycles. The molecule has 0 bridgehead atoms. The van der Waals surface area contributed by atoms with Crippen molar-refractivity contribution in [2.45, 2.75) is 180 Å². The zero-order chi connectivity index (χ0) is 90.1. The van der Waals surface area contributed by atoms with Crippen LogP contribution in [0, 0.1) is 19.8 Å². The van der Waals surface area contributed by atoms with Gasteiger partial charge in [-0.25, -0.2) is 44.3 Å². The number of H-pyrrole nitrogens is 1. The summed E-state index contributed by atoms with van der Waals surface area (Å²) in [6.07, 6.45) is 18.8. The fraction of sp³-hybridized carbons (Fsp3) is 0.435. The molecule has 15 rings (SSSR count). The first-order chi connectivity index (χ1) is 59.8. The number of benzene rings is 5. The number of ether oxygens (including phenoxy) is 4. The lowest BCUT2D eigenvalue weighted by Gasteiger charge is -2.33. The van der Waals surface area contributed by atoms with Crippen LogP contribution in [0.5, 0.6) is 0 Å². The van der Waals surface area contributed by atoms with Gasteiger partial charge in [0.05, 0.1) is 32.4 Å². The second-order valence-electron chi connectivity index (χ2n) is 32.3. The van der Waals surface area contributed by atoms with Gasteiger partial charge in [-0.3, -0.25) is 9.89 Å². The molecule has 27 nitrogen and oxygen atoms in total. The molecule has 5 saturated heterocycles. The molecule has 0 spiro atoms. The van der Waals surface area contributed by atoms with Gasteiger partial charge >= 0.3 is 12.2 Å². The average Bonchev–Trinajstić information content (AvgIpc) is 1.59. The minimum Gasteiger partial charge on any atom is -0.444 e. The maximum atomic E-state index is 14.2. The van der Waals surface area contributed by atoms with Crippen LogP contribution in [0.1, 0.15) is 177 Å². The highest BCUT2D eigenvalue weighted by Gasteiger charge is 2.38. The Morgan fingerprint density at radius 1 is 0.544 bits per heavy atom. The van der Waals surface area contributed by atoms with E-state index < -0.39 is 36.5 Å². The quantitative estimate of drug-likeness (QED) is 0.0408. The Labute approximate surface area is 755 Å². The molecule has 5 fully saturated rings. The minimum absolute atomic E-state index is 0.000583. The topological polar surface area (TPSA) is 326 Å². The number of carbonyl (C=O) groups is 3. The number of amides is 2. The number of aryl methyl sites for hydroxylation is 2. The number of carbonyl (C=O) groups excluding carboxylic acids is 3. The highest BCUT2D eigenvalue weighted by atomic mass is 35.5. The summed E-state index contributed by atoms with van der Waals surface area (Å²) in [7, 11) is -7.89. The second-order valence-corrected chi connectivity index (χ2v) is 37.3. The zero-order valence-corrected chi connectivity index (χ0v) is 77.7. The Kier molecular flexibility index (Phi) is 38.8. The summed E-state index contributed by atoms with van der Waals surface area (Å²) >= 11 is 22.9. The van der Waals surface area contributed by atoms with Crippen LogP contribution in [0.25, 0.3) is 45.0 Å². The lowest BCUT2D eigenvalue weighted by Crippen LogP contribution is -2.43. The molecule has 0 saturated carbocycles. The first kappa shape index (κ1) is 99.1. The van der Waals surface area contributed by atoms with Crippen molar-refractivity contribution in [3.05, 3.63) is 226 Å². The summed E-state index contributed by atoms with van der Waals surface area (Å²) in [4.78, 5) is 69.3. The summed E-state index contributed by atoms with van der Waals surface area (Å²) in [6, 6.07) is 40.1. The average molecular weight is 1830 g/mol. The van der Waals surface area contributed by atoms with Gasteiger partial charge in [-0.1, -0.05) is 115 Å². The summed E-state index contributed by atoms with van der Waals surface area (Å²) in [5.74, 6) is 0.233. The van der Waals surface area contributed by atoms with Crippen LogP contribution in [-0.4, -0.2) is 200 Å². The lowest BCUT2D eigenvalue weighted by molar-refractivity contribution is 0.0192. The molecule has 33 heteroatoms. The number of aromatic amines is 1. The molecule has 0 radical (unpaired) electrons. The van der Waals surface area contributed by atoms with Gasteiger partial charge in [-0.15, -0.1) is 0 Å². The molecule has 5 aliphatic heterocycles. The molecule has 0 unspecified atom stereocenters. The molecule has 5 aromatic carbocycles. The number of piperidine rings is 3. The van der Waals surface area contributed by atoms with Crippen LogP contribution in [0.15, 0.2) is 192 Å². The summed E-state index contributed by atoms with van der Waals surface area (Å²) < 4.78 is 75.9. The summed E-state index contributed by atoms with van der Waals surface area (Å²) in [5.41, 5.74) is 10.6.